The Hall–Kier alpha value is -1.11. The minimum absolute atomic E-state index is 0.0445. The van der Waals surface area contributed by atoms with E-state index in [-0.39, 0.29) is 18.6 Å². The number of pyridine rings is 1. The molecular weight excluding hydrogens is 276 g/mol. The average Bonchev–Trinajstić information content (AvgIpc) is 2.52. The zero-order valence-electron chi connectivity index (χ0n) is 11.6. The van der Waals surface area contributed by atoms with Gasteiger partial charge in [0.25, 0.3) is 5.91 Å². The lowest BCUT2D eigenvalue weighted by Crippen LogP contribution is -2.41. The number of aliphatic hydroxyl groups is 1. The summed E-state index contributed by atoms with van der Waals surface area (Å²) < 4.78 is 5.51. The number of piperidine rings is 1. The number of likely N-dealkylation sites (tertiary alicyclic amines) is 1. The molecule has 110 valence electrons. The number of nitrogens with zero attached hydrogens (tertiary/aromatic N) is 2. The van der Waals surface area contributed by atoms with Crippen molar-refractivity contribution in [2.45, 2.75) is 24.0 Å². The predicted octanol–water partition coefficient (Wildman–Crippen LogP) is 1.42. The molecule has 0 atom stereocenters. The first-order valence-electron chi connectivity index (χ1n) is 6.77. The van der Waals surface area contributed by atoms with Crippen molar-refractivity contribution in [1.29, 1.82) is 0 Å². The van der Waals surface area contributed by atoms with Crippen molar-refractivity contribution in [3.8, 4) is 0 Å². The van der Waals surface area contributed by atoms with Gasteiger partial charge in [0.15, 0.2) is 0 Å². The number of hydrogen-bond donors (Lipinski definition) is 1. The number of carbonyl (C=O) groups excluding carboxylic acids is 1. The Kier molecular flexibility index (Phi) is 5.82. The Morgan fingerprint density at radius 1 is 1.55 bits per heavy atom. The lowest BCUT2D eigenvalue weighted by Gasteiger charge is -2.32. The van der Waals surface area contributed by atoms with Crippen LogP contribution in [0.25, 0.3) is 0 Å². The average molecular weight is 296 g/mol. The Morgan fingerprint density at radius 2 is 2.30 bits per heavy atom. The van der Waals surface area contributed by atoms with Crippen molar-refractivity contribution in [3.63, 3.8) is 0 Å². The van der Waals surface area contributed by atoms with Crippen LogP contribution in [0.3, 0.4) is 0 Å². The standard InChI is InChI=1S/C14H20N2O3S/c1-20-13-12(3-2-6-15-13)14(18)16-7-4-11(5-8-16)19-10-9-17/h2-3,6,11,17H,4-5,7-10H2,1H3. The fourth-order valence-electron chi connectivity index (χ4n) is 2.33. The van der Waals surface area contributed by atoms with Gasteiger partial charge in [-0.25, -0.2) is 4.98 Å². The van der Waals surface area contributed by atoms with Gasteiger partial charge in [0.1, 0.15) is 5.03 Å². The van der Waals surface area contributed by atoms with E-state index in [1.165, 1.54) is 11.8 Å². The maximum absolute atomic E-state index is 12.5. The second-order valence-corrected chi connectivity index (χ2v) is 5.44. The molecule has 0 unspecified atom stereocenters. The van der Waals surface area contributed by atoms with Gasteiger partial charge in [-0.3, -0.25) is 4.79 Å². The summed E-state index contributed by atoms with van der Waals surface area (Å²) in [5.74, 6) is 0.0445. The molecule has 6 heteroatoms. The van der Waals surface area contributed by atoms with Crippen LogP contribution in [0.2, 0.25) is 0 Å². The third kappa shape index (κ3) is 3.71. The molecular formula is C14H20N2O3S. The number of thioether (sulfide) groups is 1. The molecule has 1 amide bonds. The third-order valence-corrected chi connectivity index (χ3v) is 4.08. The molecule has 1 aromatic heterocycles. The molecule has 5 nitrogen and oxygen atoms in total. The lowest BCUT2D eigenvalue weighted by molar-refractivity contribution is -0.00561. The first kappa shape index (κ1) is 15.3. The second-order valence-electron chi connectivity index (χ2n) is 4.65. The molecule has 1 aromatic rings. The van der Waals surface area contributed by atoms with E-state index in [2.05, 4.69) is 4.98 Å². The van der Waals surface area contributed by atoms with E-state index in [4.69, 9.17) is 9.84 Å². The van der Waals surface area contributed by atoms with E-state index in [1.807, 2.05) is 17.2 Å². The van der Waals surface area contributed by atoms with Crippen LogP contribution in [0.1, 0.15) is 23.2 Å². The van der Waals surface area contributed by atoms with E-state index < -0.39 is 0 Å². The van der Waals surface area contributed by atoms with Gasteiger partial charge < -0.3 is 14.7 Å². The molecule has 0 aliphatic carbocycles. The minimum Gasteiger partial charge on any atom is -0.394 e. The summed E-state index contributed by atoms with van der Waals surface area (Å²) in [4.78, 5) is 18.6. The fraction of sp³-hybridized carbons (Fsp3) is 0.571. The Balaban J connectivity index is 1.94. The largest absolute Gasteiger partial charge is 0.394 e. The molecule has 2 rings (SSSR count). The van der Waals surface area contributed by atoms with Crippen molar-refractivity contribution >= 4 is 17.7 Å². The molecule has 0 radical (unpaired) electrons. The predicted molar refractivity (Wildman–Crippen MR) is 78.0 cm³/mol. The van der Waals surface area contributed by atoms with Crippen LogP contribution in [0.15, 0.2) is 23.4 Å². The van der Waals surface area contributed by atoms with Crippen molar-refractivity contribution in [1.82, 2.24) is 9.88 Å². The Labute approximate surface area is 123 Å². The van der Waals surface area contributed by atoms with Gasteiger partial charge in [-0.1, -0.05) is 0 Å². The summed E-state index contributed by atoms with van der Waals surface area (Å²) in [6.07, 6.45) is 5.42. The molecule has 0 aromatic carbocycles. The third-order valence-electron chi connectivity index (χ3n) is 3.37. The van der Waals surface area contributed by atoms with Crippen molar-refractivity contribution < 1.29 is 14.6 Å². The molecule has 0 spiro atoms. The minimum atomic E-state index is 0.0445. The van der Waals surface area contributed by atoms with Gasteiger partial charge in [0.2, 0.25) is 0 Å². The molecule has 0 bridgehead atoms. The van der Waals surface area contributed by atoms with Crippen molar-refractivity contribution in [2.24, 2.45) is 0 Å². The van der Waals surface area contributed by atoms with E-state index >= 15 is 0 Å². The zero-order chi connectivity index (χ0) is 14.4. The quantitative estimate of drug-likeness (QED) is 0.833. The second kappa shape index (κ2) is 7.61. The van der Waals surface area contributed by atoms with Gasteiger partial charge in [-0.15, -0.1) is 11.8 Å². The normalized spacial score (nSPS) is 16.4. The maximum atomic E-state index is 12.5. The summed E-state index contributed by atoms with van der Waals surface area (Å²) in [5, 5.41) is 9.52. The highest BCUT2D eigenvalue weighted by molar-refractivity contribution is 7.98. The first-order chi connectivity index (χ1) is 9.76. The van der Waals surface area contributed by atoms with E-state index in [9.17, 15) is 4.79 Å². The van der Waals surface area contributed by atoms with Crippen LogP contribution in [-0.4, -0.2) is 59.6 Å². The number of aromatic nitrogens is 1. The topological polar surface area (TPSA) is 62.7 Å². The lowest BCUT2D eigenvalue weighted by atomic mass is 10.1. The number of amides is 1. The molecule has 1 aliphatic heterocycles. The van der Waals surface area contributed by atoms with Gasteiger partial charge >= 0.3 is 0 Å². The number of aliphatic hydroxyl groups excluding tert-OH is 1. The molecule has 20 heavy (non-hydrogen) atoms. The van der Waals surface area contributed by atoms with Crippen LogP contribution in [-0.2, 0) is 4.74 Å². The molecule has 1 aliphatic rings. The highest BCUT2D eigenvalue weighted by atomic mass is 32.2. The molecule has 0 saturated carbocycles. The molecule has 1 saturated heterocycles. The SMILES string of the molecule is CSc1ncccc1C(=O)N1CCC(OCCO)CC1. The summed E-state index contributed by atoms with van der Waals surface area (Å²) in [7, 11) is 0. The summed E-state index contributed by atoms with van der Waals surface area (Å²) in [6, 6.07) is 3.62. The molecule has 1 N–H and O–H groups in total. The van der Waals surface area contributed by atoms with E-state index in [1.54, 1.807) is 12.3 Å². The summed E-state index contributed by atoms with van der Waals surface area (Å²) >= 11 is 1.49. The summed E-state index contributed by atoms with van der Waals surface area (Å²) in [5.41, 5.74) is 0.676. The van der Waals surface area contributed by atoms with Crippen molar-refractivity contribution in [2.75, 3.05) is 32.6 Å². The number of ether oxygens (including phenoxy) is 1. The monoisotopic (exact) mass is 296 g/mol. The van der Waals surface area contributed by atoms with Gasteiger partial charge in [0, 0.05) is 19.3 Å². The fourth-order valence-corrected chi connectivity index (χ4v) is 2.87. The van der Waals surface area contributed by atoms with Gasteiger partial charge in [-0.2, -0.15) is 0 Å². The van der Waals surface area contributed by atoms with Gasteiger partial charge in [-0.05, 0) is 31.2 Å². The number of hydrogen-bond acceptors (Lipinski definition) is 5. The maximum Gasteiger partial charge on any atom is 0.256 e. The van der Waals surface area contributed by atoms with E-state index in [0.29, 0.717) is 25.3 Å². The number of carbonyl (C=O) groups is 1. The van der Waals surface area contributed by atoms with Crippen LogP contribution in [0.5, 0.6) is 0 Å². The summed E-state index contributed by atoms with van der Waals surface area (Å²) in [6.45, 7) is 1.80. The van der Waals surface area contributed by atoms with Crippen LogP contribution >= 0.6 is 11.8 Å². The Morgan fingerprint density at radius 3 is 2.95 bits per heavy atom. The Bertz CT molecular complexity index is 448. The van der Waals surface area contributed by atoms with Gasteiger partial charge in [0.05, 0.1) is 24.9 Å². The smallest absolute Gasteiger partial charge is 0.256 e. The number of rotatable bonds is 5. The van der Waals surface area contributed by atoms with Crippen LogP contribution < -0.4 is 0 Å². The highest BCUT2D eigenvalue weighted by Crippen LogP contribution is 2.21. The van der Waals surface area contributed by atoms with Crippen molar-refractivity contribution in [3.05, 3.63) is 23.9 Å². The molecule has 2 heterocycles. The van der Waals surface area contributed by atoms with Crippen LogP contribution in [0, 0.1) is 0 Å². The zero-order valence-corrected chi connectivity index (χ0v) is 12.4. The molecule has 1 fully saturated rings. The highest BCUT2D eigenvalue weighted by Gasteiger charge is 2.25. The van der Waals surface area contributed by atoms with Crippen LogP contribution in [0.4, 0.5) is 0 Å². The first-order valence-corrected chi connectivity index (χ1v) is 7.99. The van der Waals surface area contributed by atoms with E-state index in [0.717, 1.165) is 17.9 Å².